The second-order valence-electron chi connectivity index (χ2n) is 7.51. The van der Waals surface area contributed by atoms with E-state index in [9.17, 15) is 0 Å². The Balaban J connectivity index is 0.000000970. The molecule has 1 aromatic carbocycles. The van der Waals surface area contributed by atoms with E-state index >= 15 is 0 Å². The largest absolute Gasteiger partial charge is 0.325 e. The van der Waals surface area contributed by atoms with Crippen LogP contribution in [-0.2, 0) is 13.0 Å². The highest BCUT2D eigenvalue weighted by Gasteiger charge is 2.14. The zero-order chi connectivity index (χ0) is 25.1. The van der Waals surface area contributed by atoms with Crippen molar-refractivity contribution >= 4 is 10.9 Å². The Bertz CT molecular complexity index is 1160. The summed E-state index contributed by atoms with van der Waals surface area (Å²) in [6.45, 7) is 12.7. The predicted molar refractivity (Wildman–Crippen MR) is 144 cm³/mol. The number of fused-ring (bicyclic) bond motifs is 1. The first-order valence-electron chi connectivity index (χ1n) is 12.5. The maximum absolute atomic E-state index is 6.31. The maximum atomic E-state index is 6.31. The lowest BCUT2D eigenvalue weighted by Crippen LogP contribution is -2.11. The summed E-state index contributed by atoms with van der Waals surface area (Å²) in [5.41, 5.74) is 18.1. The Labute approximate surface area is 204 Å². The molecule has 0 aliphatic carbocycles. The molecule has 3 aromatic heterocycles. The summed E-state index contributed by atoms with van der Waals surface area (Å²) < 4.78 is 1.88. The van der Waals surface area contributed by atoms with E-state index in [1.165, 1.54) is 5.56 Å². The molecule has 6 heteroatoms. The molecule has 0 amide bonds. The molecule has 34 heavy (non-hydrogen) atoms. The van der Waals surface area contributed by atoms with Gasteiger partial charge in [-0.1, -0.05) is 60.1 Å². The number of nitrogens with zero attached hydrogens (tertiary/aromatic N) is 4. The average Bonchev–Trinajstić information content (AvgIpc) is 3.35. The number of aryl methyl sites for hydroxylation is 1. The van der Waals surface area contributed by atoms with Crippen LogP contribution in [0.4, 0.5) is 0 Å². The molecule has 6 nitrogen and oxygen atoms in total. The highest BCUT2D eigenvalue weighted by Crippen LogP contribution is 2.29. The topological polar surface area (TPSA) is 95.6 Å². The molecular formula is C28H40N6. The quantitative estimate of drug-likeness (QED) is 0.335. The molecule has 182 valence electrons. The minimum atomic E-state index is -0.0435. The zero-order valence-electron chi connectivity index (χ0n) is 21.5. The molecule has 4 N–H and O–H groups in total. The second-order valence-corrected chi connectivity index (χ2v) is 7.51. The van der Waals surface area contributed by atoms with Crippen molar-refractivity contribution in [3.05, 3.63) is 71.7 Å². The summed E-state index contributed by atoms with van der Waals surface area (Å²) in [5, 5.41) is 5.75. The fourth-order valence-electron chi connectivity index (χ4n) is 3.80. The molecule has 0 unspecified atom stereocenters. The van der Waals surface area contributed by atoms with Crippen molar-refractivity contribution in [1.29, 1.82) is 0 Å². The number of benzene rings is 1. The molecule has 0 aliphatic heterocycles. The monoisotopic (exact) mass is 460 g/mol. The van der Waals surface area contributed by atoms with Gasteiger partial charge in [0.05, 0.1) is 28.8 Å². The number of nitrogens with two attached hydrogens (primary N) is 2. The van der Waals surface area contributed by atoms with E-state index in [4.69, 9.17) is 16.5 Å². The summed E-state index contributed by atoms with van der Waals surface area (Å²) in [6, 6.07) is 16.2. The van der Waals surface area contributed by atoms with Gasteiger partial charge in [-0.05, 0) is 54.8 Å². The lowest BCUT2D eigenvalue weighted by Gasteiger charge is -2.12. The van der Waals surface area contributed by atoms with Crippen LogP contribution in [0.25, 0.3) is 28.0 Å². The molecule has 4 aromatic rings. The summed E-state index contributed by atoms with van der Waals surface area (Å²) in [7, 11) is 0. The van der Waals surface area contributed by atoms with Gasteiger partial charge in [0, 0.05) is 23.5 Å². The van der Waals surface area contributed by atoms with Crippen molar-refractivity contribution in [3.63, 3.8) is 0 Å². The Hall–Kier alpha value is -3.09. The van der Waals surface area contributed by atoms with Gasteiger partial charge in [-0.15, -0.1) is 0 Å². The molecular weight excluding hydrogens is 420 g/mol. The summed E-state index contributed by atoms with van der Waals surface area (Å²) in [4.78, 5) is 9.51. The van der Waals surface area contributed by atoms with Crippen molar-refractivity contribution in [2.75, 3.05) is 0 Å². The fourth-order valence-corrected chi connectivity index (χ4v) is 3.80. The van der Waals surface area contributed by atoms with E-state index in [0.717, 1.165) is 58.6 Å². The molecule has 0 aliphatic rings. The smallest absolute Gasteiger partial charge is 0.154 e. The zero-order valence-corrected chi connectivity index (χ0v) is 21.5. The van der Waals surface area contributed by atoms with Crippen LogP contribution >= 0.6 is 0 Å². The summed E-state index contributed by atoms with van der Waals surface area (Å²) >= 11 is 0. The van der Waals surface area contributed by atoms with Crippen LogP contribution in [0.3, 0.4) is 0 Å². The Morgan fingerprint density at radius 2 is 1.68 bits per heavy atom. The lowest BCUT2D eigenvalue weighted by atomic mass is 10.0. The second kappa shape index (κ2) is 13.6. The standard InChI is InChI=1S/C24H28N6.2C2H6/c1-3-7-20(26)22-10-6-9-21(29-22)17-12-16(4-2)19-15-27-30(23(19)13-17)24-11-5-8-18(14-25)28-24;2*1-2/h5-6,8-13,15,20H,3-4,7,14,25-26H2,1-2H3;2*1-2H3/t20-;;/m0../s1. The van der Waals surface area contributed by atoms with Gasteiger partial charge in [0.25, 0.3) is 0 Å². The molecule has 4 rings (SSSR count). The van der Waals surface area contributed by atoms with Gasteiger partial charge in [-0.25, -0.2) is 9.67 Å². The Morgan fingerprint density at radius 3 is 2.35 bits per heavy atom. The summed E-state index contributed by atoms with van der Waals surface area (Å²) in [6.07, 6.45) is 4.77. The molecule has 1 atom stereocenters. The number of aromatic nitrogens is 4. The van der Waals surface area contributed by atoms with Gasteiger partial charge in [0.2, 0.25) is 0 Å². The summed E-state index contributed by atoms with van der Waals surface area (Å²) in [5.74, 6) is 0.763. The highest BCUT2D eigenvalue weighted by molar-refractivity contribution is 5.88. The van der Waals surface area contributed by atoms with Crippen LogP contribution in [0.5, 0.6) is 0 Å². The van der Waals surface area contributed by atoms with E-state index in [1.807, 2.05) is 75.0 Å². The third-order valence-corrected chi connectivity index (χ3v) is 5.42. The van der Waals surface area contributed by atoms with Gasteiger partial charge in [0.15, 0.2) is 5.82 Å². The van der Waals surface area contributed by atoms with Crippen molar-refractivity contribution < 1.29 is 0 Å². The van der Waals surface area contributed by atoms with E-state index < -0.39 is 0 Å². The molecule has 0 bridgehead atoms. The Morgan fingerprint density at radius 1 is 0.941 bits per heavy atom. The van der Waals surface area contributed by atoms with E-state index in [0.29, 0.717) is 6.54 Å². The van der Waals surface area contributed by atoms with Gasteiger partial charge < -0.3 is 11.5 Å². The van der Waals surface area contributed by atoms with Crippen molar-refractivity contribution in [1.82, 2.24) is 19.7 Å². The highest BCUT2D eigenvalue weighted by atomic mass is 15.3. The van der Waals surface area contributed by atoms with Crippen LogP contribution in [-0.4, -0.2) is 19.7 Å². The SMILES string of the molecule is CC.CC.CCC[C@H](N)c1cccc(-c2cc(CC)c3cnn(-c4cccc(CN)n4)c3c2)n1. The third-order valence-electron chi connectivity index (χ3n) is 5.42. The first-order chi connectivity index (χ1) is 16.6. The van der Waals surface area contributed by atoms with E-state index in [-0.39, 0.29) is 6.04 Å². The van der Waals surface area contributed by atoms with Crippen molar-refractivity contribution in [2.45, 2.75) is 73.4 Å². The fraction of sp³-hybridized carbons (Fsp3) is 0.393. The van der Waals surface area contributed by atoms with Crippen LogP contribution < -0.4 is 11.5 Å². The van der Waals surface area contributed by atoms with Crippen LogP contribution in [0.1, 0.15) is 77.4 Å². The molecule has 3 heterocycles. The molecule has 0 spiro atoms. The molecule has 0 radical (unpaired) electrons. The van der Waals surface area contributed by atoms with E-state index in [1.54, 1.807) is 0 Å². The number of hydrogen-bond acceptors (Lipinski definition) is 5. The molecule has 0 saturated carbocycles. The Kier molecular flexibility index (Phi) is 10.8. The number of pyridine rings is 2. The van der Waals surface area contributed by atoms with Gasteiger partial charge >= 0.3 is 0 Å². The minimum Gasteiger partial charge on any atom is -0.325 e. The first-order valence-corrected chi connectivity index (χ1v) is 12.5. The van der Waals surface area contributed by atoms with Crippen molar-refractivity contribution in [3.8, 4) is 17.1 Å². The maximum Gasteiger partial charge on any atom is 0.154 e. The molecule has 0 fully saturated rings. The van der Waals surface area contributed by atoms with Crippen molar-refractivity contribution in [2.24, 2.45) is 11.5 Å². The third kappa shape index (κ3) is 6.07. The van der Waals surface area contributed by atoms with Crippen LogP contribution in [0, 0.1) is 0 Å². The normalized spacial score (nSPS) is 11.3. The average molecular weight is 461 g/mol. The lowest BCUT2D eigenvalue weighted by molar-refractivity contribution is 0.622. The van der Waals surface area contributed by atoms with E-state index in [2.05, 4.69) is 36.1 Å². The van der Waals surface area contributed by atoms with Crippen LogP contribution in [0.2, 0.25) is 0 Å². The number of hydrogen-bond donors (Lipinski definition) is 2. The minimum absolute atomic E-state index is 0.0435. The van der Waals surface area contributed by atoms with Gasteiger partial charge in [-0.3, -0.25) is 4.98 Å². The molecule has 0 saturated heterocycles. The number of rotatable bonds is 7. The predicted octanol–water partition coefficient (Wildman–Crippen LogP) is 6.36. The first kappa shape index (κ1) is 27.2. The van der Waals surface area contributed by atoms with Gasteiger partial charge in [0.1, 0.15) is 0 Å². The van der Waals surface area contributed by atoms with Crippen LogP contribution in [0.15, 0.2) is 54.7 Å². The van der Waals surface area contributed by atoms with Gasteiger partial charge in [-0.2, -0.15) is 5.10 Å².